The number of hydrogen-bond donors (Lipinski definition) is 6. The average molecular weight is 1050 g/mol. The van der Waals surface area contributed by atoms with Crippen LogP contribution in [0.1, 0.15) is 203 Å². The molecule has 2 aromatic rings. The standard InChI is InChI=1S/2C21H45N3.C8H6O4.C7H7NO4S/c1-6-10-12-19(8-3)14-23-16-21(5,22)17-24(18-23)15-20(9-4)13-11-7-2;1-6-10-12-19(8-3)14-23-16-21(22)17-24(18(23)5)15-20(9-4)13-11-7-2;9-7(10)5-1-2-6(4-3-5)8(11)12;8-13(11,12)6-3-1-5(2-4-6)7(9)10/h19-20H,6-18,22H2,1-5H3;18-21H,6-17,22H2,1-5H3;1-4H,(H,9,10)(H,11,12);1-4H,(H,9,10)(H2,8,11,12)/t;18?,19-,20?,21?;;/m.0../s1. The molecule has 6 atom stereocenters. The molecule has 9 N–H and O–H groups in total. The van der Waals surface area contributed by atoms with Crippen LogP contribution in [0.2, 0.25) is 0 Å². The number of nitrogens with zero attached hydrogens (tertiary/aromatic N) is 4. The molecule has 0 radical (unpaired) electrons. The predicted octanol–water partition coefficient (Wildman–Crippen LogP) is 10.5. The Bertz CT molecular complexity index is 1830. The first kappa shape index (κ1) is 67.5. The summed E-state index contributed by atoms with van der Waals surface area (Å²) < 4.78 is 21.5. The van der Waals surface area contributed by atoms with Gasteiger partial charge in [0.15, 0.2) is 0 Å². The summed E-state index contributed by atoms with van der Waals surface area (Å²) in [5, 5.41) is 30.2. The van der Waals surface area contributed by atoms with Gasteiger partial charge >= 0.3 is 17.9 Å². The Kier molecular flexibility index (Phi) is 33.8. The van der Waals surface area contributed by atoms with Crippen molar-refractivity contribution in [2.75, 3.05) is 59.0 Å². The van der Waals surface area contributed by atoms with Gasteiger partial charge in [-0.2, -0.15) is 0 Å². The quantitative estimate of drug-likeness (QED) is 0.0465. The van der Waals surface area contributed by atoms with Gasteiger partial charge in [0, 0.05) is 63.9 Å². The smallest absolute Gasteiger partial charge is 0.335 e. The number of carboxylic acids is 3. The molecule has 2 saturated heterocycles. The fourth-order valence-electron chi connectivity index (χ4n) is 9.95. The summed E-state index contributed by atoms with van der Waals surface area (Å²) in [5.41, 5.74) is 13.2. The summed E-state index contributed by atoms with van der Waals surface area (Å²) in [6.07, 6.45) is 22.0. The van der Waals surface area contributed by atoms with E-state index in [0.717, 1.165) is 68.7 Å². The molecule has 0 aromatic heterocycles. The second kappa shape index (κ2) is 36.5. The Morgan fingerprint density at radius 2 is 0.863 bits per heavy atom. The van der Waals surface area contributed by atoms with Gasteiger partial charge in [-0.3, -0.25) is 19.6 Å². The second-order valence-electron chi connectivity index (χ2n) is 21.3. The molecular formula is C57H103N7O8S. The molecule has 2 fully saturated rings. The van der Waals surface area contributed by atoms with Crippen LogP contribution in [0.15, 0.2) is 53.4 Å². The molecule has 0 spiro atoms. The number of aromatic carboxylic acids is 3. The lowest BCUT2D eigenvalue weighted by Crippen LogP contribution is -2.63. The van der Waals surface area contributed by atoms with E-state index in [1.165, 1.54) is 165 Å². The first-order valence-corrected chi connectivity index (χ1v) is 29.5. The van der Waals surface area contributed by atoms with E-state index >= 15 is 0 Å². The summed E-state index contributed by atoms with van der Waals surface area (Å²) in [6, 6.07) is 10.0. The normalized spacial score (nSPS) is 20.5. The van der Waals surface area contributed by atoms with Crippen molar-refractivity contribution < 1.29 is 38.1 Å². The minimum absolute atomic E-state index is 0.0207. The van der Waals surface area contributed by atoms with Crippen LogP contribution in [0.3, 0.4) is 0 Å². The molecule has 15 nitrogen and oxygen atoms in total. The van der Waals surface area contributed by atoms with E-state index in [4.69, 9.17) is 31.9 Å². The van der Waals surface area contributed by atoms with Crippen LogP contribution in [-0.2, 0) is 10.0 Å². The molecule has 2 heterocycles. The monoisotopic (exact) mass is 1050 g/mol. The summed E-state index contributed by atoms with van der Waals surface area (Å²) >= 11 is 0. The molecule has 0 aliphatic carbocycles. The van der Waals surface area contributed by atoms with Gasteiger partial charge in [0.2, 0.25) is 10.0 Å². The molecular weight excluding hydrogens is 943 g/mol. The number of rotatable bonds is 28. The van der Waals surface area contributed by atoms with Crippen molar-refractivity contribution >= 4 is 27.9 Å². The maximum absolute atomic E-state index is 10.7. The average Bonchev–Trinajstić information content (AvgIpc) is 3.35. The maximum atomic E-state index is 10.7. The van der Waals surface area contributed by atoms with E-state index < -0.39 is 27.9 Å². The van der Waals surface area contributed by atoms with Gasteiger partial charge in [-0.25, -0.2) is 27.9 Å². The Morgan fingerprint density at radius 3 is 1.12 bits per heavy atom. The third-order valence-electron chi connectivity index (χ3n) is 14.6. The van der Waals surface area contributed by atoms with Gasteiger partial charge in [-0.1, -0.05) is 132 Å². The zero-order chi connectivity index (χ0) is 55.1. The third kappa shape index (κ3) is 27.8. The van der Waals surface area contributed by atoms with Gasteiger partial charge in [0.25, 0.3) is 0 Å². The van der Waals surface area contributed by atoms with Crippen LogP contribution in [-0.4, -0.2) is 138 Å². The molecule has 420 valence electrons. The summed E-state index contributed by atoms with van der Waals surface area (Å²) in [6.45, 7) is 33.5. The van der Waals surface area contributed by atoms with Crippen LogP contribution in [0.25, 0.3) is 0 Å². The zero-order valence-electron chi connectivity index (χ0n) is 47.1. The molecule has 2 aromatic carbocycles. The van der Waals surface area contributed by atoms with Gasteiger partial charge in [-0.15, -0.1) is 0 Å². The van der Waals surface area contributed by atoms with Crippen LogP contribution in [0.5, 0.6) is 0 Å². The predicted molar refractivity (Wildman–Crippen MR) is 300 cm³/mol. The fourth-order valence-corrected chi connectivity index (χ4v) is 10.5. The fraction of sp³-hybridized carbons (Fsp3) is 0.737. The van der Waals surface area contributed by atoms with E-state index in [1.54, 1.807) is 0 Å². The Labute approximate surface area is 443 Å². The first-order valence-electron chi connectivity index (χ1n) is 27.9. The van der Waals surface area contributed by atoms with Crippen molar-refractivity contribution in [3.05, 3.63) is 65.2 Å². The minimum atomic E-state index is -3.74. The highest BCUT2D eigenvalue weighted by molar-refractivity contribution is 7.89. The van der Waals surface area contributed by atoms with Crippen molar-refractivity contribution in [2.24, 2.45) is 40.3 Å². The van der Waals surface area contributed by atoms with Gasteiger partial charge < -0.3 is 26.8 Å². The summed E-state index contributed by atoms with van der Waals surface area (Å²) in [7, 11) is -3.74. The van der Waals surface area contributed by atoms with E-state index in [1.807, 2.05) is 0 Å². The molecule has 73 heavy (non-hydrogen) atoms. The Balaban J connectivity index is 0.000000508. The van der Waals surface area contributed by atoms with Crippen LogP contribution in [0, 0.1) is 23.7 Å². The molecule has 0 amide bonds. The number of carboxylic acid groups (broad SMARTS) is 3. The summed E-state index contributed by atoms with van der Waals surface area (Å²) in [4.78, 5) is 41.6. The van der Waals surface area contributed by atoms with Crippen molar-refractivity contribution in [1.29, 1.82) is 0 Å². The highest BCUT2D eigenvalue weighted by Gasteiger charge is 2.34. The van der Waals surface area contributed by atoms with Crippen molar-refractivity contribution in [1.82, 2.24) is 19.6 Å². The van der Waals surface area contributed by atoms with Crippen LogP contribution < -0.4 is 16.6 Å². The highest BCUT2D eigenvalue weighted by Crippen LogP contribution is 2.25. The molecule has 2 aliphatic rings. The maximum Gasteiger partial charge on any atom is 0.335 e. The van der Waals surface area contributed by atoms with E-state index in [2.05, 4.69) is 88.8 Å². The zero-order valence-corrected chi connectivity index (χ0v) is 47.9. The molecule has 0 bridgehead atoms. The Morgan fingerprint density at radius 1 is 0.575 bits per heavy atom. The number of unbranched alkanes of at least 4 members (excludes halogenated alkanes) is 4. The third-order valence-corrected chi connectivity index (χ3v) is 15.5. The summed E-state index contributed by atoms with van der Waals surface area (Å²) in [5.74, 6) is 0.105. The van der Waals surface area contributed by atoms with Gasteiger partial charge in [0.05, 0.1) is 34.4 Å². The number of sulfonamides is 1. The minimum Gasteiger partial charge on any atom is -0.478 e. The molecule has 5 unspecified atom stereocenters. The molecule has 2 aliphatic heterocycles. The Hall–Kier alpha value is -3.48. The van der Waals surface area contributed by atoms with Gasteiger partial charge in [0.1, 0.15) is 0 Å². The van der Waals surface area contributed by atoms with Crippen LogP contribution in [0.4, 0.5) is 0 Å². The van der Waals surface area contributed by atoms with Crippen molar-refractivity contribution in [3.8, 4) is 0 Å². The SMILES string of the molecule is CCCCC(CC)CN1CC(N)CN(C[C@@H](CC)CCCC)C1C.CCCCC(CC)CN1CN(CC(CC)CCCC)CC(C)(N)C1.NS(=O)(=O)c1ccc(C(=O)O)cc1.O=C(O)c1ccc(C(=O)O)cc1. The lowest BCUT2D eigenvalue weighted by molar-refractivity contribution is -0.0142. The lowest BCUT2D eigenvalue weighted by atomic mass is 9.94. The first-order chi connectivity index (χ1) is 34.5. The second-order valence-corrected chi connectivity index (χ2v) is 22.9. The lowest BCUT2D eigenvalue weighted by Gasteiger charge is -2.47. The van der Waals surface area contributed by atoms with E-state index in [9.17, 15) is 22.8 Å². The van der Waals surface area contributed by atoms with E-state index in [0.29, 0.717) is 12.2 Å². The topological polar surface area (TPSA) is 237 Å². The van der Waals surface area contributed by atoms with E-state index in [-0.39, 0.29) is 27.1 Å². The van der Waals surface area contributed by atoms with Crippen molar-refractivity contribution in [3.63, 3.8) is 0 Å². The number of carbonyl (C=O) groups is 3. The van der Waals surface area contributed by atoms with Gasteiger partial charge in [-0.05, 0) is 112 Å². The number of hydrogen-bond acceptors (Lipinski definition) is 11. The largest absolute Gasteiger partial charge is 0.478 e. The van der Waals surface area contributed by atoms with Crippen molar-refractivity contribution in [2.45, 2.75) is 195 Å². The number of primary sulfonamides is 1. The highest BCUT2D eigenvalue weighted by atomic mass is 32.2. The van der Waals surface area contributed by atoms with Crippen LogP contribution >= 0.6 is 0 Å². The number of nitrogens with two attached hydrogens (primary N) is 3. The molecule has 4 rings (SSSR count). The molecule has 16 heteroatoms. The molecule has 0 saturated carbocycles. The number of benzene rings is 2.